The molecular formula is C20H24Cl2N4. The number of benzene rings is 1. The predicted molar refractivity (Wildman–Crippen MR) is 110 cm³/mol. The lowest BCUT2D eigenvalue weighted by atomic mass is 10.0. The summed E-state index contributed by atoms with van der Waals surface area (Å²) in [4.78, 5) is 10.0. The van der Waals surface area contributed by atoms with E-state index in [0.29, 0.717) is 11.2 Å². The second-order valence-corrected chi connectivity index (χ2v) is 7.14. The second kappa shape index (κ2) is 8.87. The third kappa shape index (κ3) is 4.57. The van der Waals surface area contributed by atoms with Crippen molar-refractivity contribution in [2.45, 2.75) is 32.0 Å². The SMILES string of the molecule is Cl.Clc1nccc2cc(CNC3CCN(Cc4ccccc4)CC3)[nH]c12. The molecule has 3 heterocycles. The minimum absolute atomic E-state index is 0. The Labute approximate surface area is 165 Å². The van der Waals surface area contributed by atoms with Gasteiger partial charge >= 0.3 is 0 Å². The van der Waals surface area contributed by atoms with Crippen molar-refractivity contribution < 1.29 is 0 Å². The van der Waals surface area contributed by atoms with Crippen LogP contribution in [0.25, 0.3) is 10.9 Å². The first-order valence-corrected chi connectivity index (χ1v) is 9.27. The third-order valence-corrected chi connectivity index (χ3v) is 5.26. The number of halogens is 2. The Hall–Kier alpha value is -1.59. The van der Waals surface area contributed by atoms with Crippen molar-refractivity contribution in [1.29, 1.82) is 0 Å². The molecule has 6 heteroatoms. The van der Waals surface area contributed by atoms with Gasteiger partial charge in [-0.25, -0.2) is 4.98 Å². The highest BCUT2D eigenvalue weighted by atomic mass is 35.5. The minimum atomic E-state index is 0. The number of rotatable bonds is 5. The Morgan fingerprint density at radius 3 is 2.65 bits per heavy atom. The maximum absolute atomic E-state index is 6.13. The summed E-state index contributed by atoms with van der Waals surface area (Å²) < 4.78 is 0. The van der Waals surface area contributed by atoms with Crippen LogP contribution in [0.3, 0.4) is 0 Å². The van der Waals surface area contributed by atoms with Crippen LogP contribution in [-0.2, 0) is 13.1 Å². The molecule has 0 spiro atoms. The fourth-order valence-electron chi connectivity index (χ4n) is 3.56. The summed E-state index contributed by atoms with van der Waals surface area (Å²) in [5.41, 5.74) is 3.49. The standard InChI is InChI=1S/C20H23ClN4.ClH/c21-20-19-16(6-9-22-20)12-18(24-19)13-23-17-7-10-25(11-8-17)14-15-4-2-1-3-5-15;/h1-6,9,12,17,23-24H,7-8,10-11,13-14H2;1H. The van der Waals surface area contributed by atoms with E-state index in [1.54, 1.807) is 6.20 Å². The maximum atomic E-state index is 6.13. The van der Waals surface area contributed by atoms with Gasteiger partial charge in [0.2, 0.25) is 0 Å². The molecule has 1 aromatic carbocycles. The molecule has 1 saturated heterocycles. The zero-order valence-electron chi connectivity index (χ0n) is 14.6. The number of aromatic nitrogens is 2. The number of aromatic amines is 1. The molecule has 26 heavy (non-hydrogen) atoms. The molecule has 0 radical (unpaired) electrons. The van der Waals surface area contributed by atoms with Crippen molar-refractivity contribution >= 4 is 34.9 Å². The van der Waals surface area contributed by atoms with Gasteiger partial charge in [0.1, 0.15) is 0 Å². The molecule has 1 fully saturated rings. The molecule has 0 amide bonds. The molecule has 3 aromatic rings. The number of piperidine rings is 1. The van der Waals surface area contributed by atoms with Gasteiger partial charge in [0.25, 0.3) is 0 Å². The summed E-state index contributed by atoms with van der Waals surface area (Å²) in [5.74, 6) is 0. The van der Waals surface area contributed by atoms with E-state index in [4.69, 9.17) is 11.6 Å². The summed E-state index contributed by atoms with van der Waals surface area (Å²) in [6, 6.07) is 15.4. The summed E-state index contributed by atoms with van der Waals surface area (Å²) in [6.45, 7) is 4.19. The van der Waals surface area contributed by atoms with Gasteiger partial charge < -0.3 is 10.3 Å². The van der Waals surface area contributed by atoms with Crippen LogP contribution in [0.5, 0.6) is 0 Å². The molecular weight excluding hydrogens is 367 g/mol. The molecule has 4 nitrogen and oxygen atoms in total. The number of hydrogen-bond acceptors (Lipinski definition) is 3. The molecule has 0 aliphatic carbocycles. The molecule has 1 aliphatic heterocycles. The first-order chi connectivity index (χ1) is 12.3. The zero-order chi connectivity index (χ0) is 17.1. The quantitative estimate of drug-likeness (QED) is 0.634. The monoisotopic (exact) mass is 390 g/mol. The lowest BCUT2D eigenvalue weighted by Crippen LogP contribution is -2.41. The van der Waals surface area contributed by atoms with E-state index in [1.807, 2.05) is 6.07 Å². The molecule has 0 bridgehead atoms. The molecule has 0 atom stereocenters. The Balaban J connectivity index is 0.00000196. The zero-order valence-corrected chi connectivity index (χ0v) is 16.2. The highest BCUT2D eigenvalue weighted by Gasteiger charge is 2.19. The molecule has 0 saturated carbocycles. The lowest BCUT2D eigenvalue weighted by molar-refractivity contribution is 0.190. The van der Waals surface area contributed by atoms with Gasteiger partial charge in [0.05, 0.1) is 5.52 Å². The number of pyridine rings is 1. The van der Waals surface area contributed by atoms with E-state index in [-0.39, 0.29) is 12.4 Å². The number of fused-ring (bicyclic) bond motifs is 1. The van der Waals surface area contributed by atoms with E-state index >= 15 is 0 Å². The van der Waals surface area contributed by atoms with Crippen LogP contribution in [0, 0.1) is 0 Å². The van der Waals surface area contributed by atoms with E-state index in [9.17, 15) is 0 Å². The molecule has 4 rings (SSSR count). The Morgan fingerprint density at radius 1 is 1.15 bits per heavy atom. The van der Waals surface area contributed by atoms with Gasteiger partial charge in [0, 0.05) is 36.4 Å². The maximum Gasteiger partial charge on any atom is 0.153 e. The topological polar surface area (TPSA) is 44.0 Å². The van der Waals surface area contributed by atoms with Gasteiger partial charge in [-0.3, -0.25) is 4.90 Å². The molecule has 138 valence electrons. The normalized spacial score (nSPS) is 15.9. The van der Waals surface area contributed by atoms with E-state index in [1.165, 1.54) is 18.4 Å². The van der Waals surface area contributed by atoms with E-state index < -0.39 is 0 Å². The van der Waals surface area contributed by atoms with Crippen LogP contribution in [0.4, 0.5) is 0 Å². The summed E-state index contributed by atoms with van der Waals surface area (Å²) >= 11 is 6.13. The number of nitrogens with one attached hydrogen (secondary N) is 2. The number of H-pyrrole nitrogens is 1. The minimum Gasteiger partial charge on any atom is -0.355 e. The second-order valence-electron chi connectivity index (χ2n) is 6.78. The molecule has 0 unspecified atom stereocenters. The van der Waals surface area contributed by atoms with Crippen molar-refractivity contribution in [3.8, 4) is 0 Å². The smallest absolute Gasteiger partial charge is 0.153 e. The summed E-state index contributed by atoms with van der Waals surface area (Å²) in [7, 11) is 0. The van der Waals surface area contributed by atoms with Crippen molar-refractivity contribution in [2.75, 3.05) is 13.1 Å². The van der Waals surface area contributed by atoms with Crippen molar-refractivity contribution in [2.24, 2.45) is 0 Å². The van der Waals surface area contributed by atoms with Crippen molar-refractivity contribution in [3.63, 3.8) is 0 Å². The van der Waals surface area contributed by atoms with Crippen LogP contribution in [0.2, 0.25) is 5.15 Å². The Kier molecular flexibility index (Phi) is 6.54. The number of nitrogens with zero attached hydrogens (tertiary/aromatic N) is 2. The van der Waals surface area contributed by atoms with Crippen LogP contribution >= 0.6 is 24.0 Å². The molecule has 1 aliphatic rings. The highest BCUT2D eigenvalue weighted by Crippen LogP contribution is 2.21. The molecule has 2 N–H and O–H groups in total. The first kappa shape index (κ1) is 19.2. The molecule has 2 aromatic heterocycles. The predicted octanol–water partition coefficient (Wildman–Crippen LogP) is 4.39. The fraction of sp³-hybridized carbons (Fsp3) is 0.350. The Morgan fingerprint density at radius 2 is 1.92 bits per heavy atom. The average Bonchev–Trinajstić information content (AvgIpc) is 3.07. The van der Waals surface area contributed by atoms with Gasteiger partial charge in [-0.1, -0.05) is 41.9 Å². The lowest BCUT2D eigenvalue weighted by Gasteiger charge is -2.32. The Bertz CT molecular complexity index is 826. The summed E-state index contributed by atoms with van der Waals surface area (Å²) in [6.07, 6.45) is 4.13. The highest BCUT2D eigenvalue weighted by molar-refractivity contribution is 6.33. The largest absolute Gasteiger partial charge is 0.355 e. The number of likely N-dealkylation sites (tertiary alicyclic amines) is 1. The number of hydrogen-bond donors (Lipinski definition) is 2. The van der Waals surface area contributed by atoms with Gasteiger partial charge in [-0.2, -0.15) is 0 Å². The third-order valence-electron chi connectivity index (χ3n) is 4.97. The van der Waals surface area contributed by atoms with Crippen molar-refractivity contribution in [3.05, 3.63) is 65.1 Å². The van der Waals surface area contributed by atoms with Crippen LogP contribution in [0.1, 0.15) is 24.1 Å². The van der Waals surface area contributed by atoms with E-state index in [0.717, 1.165) is 42.8 Å². The van der Waals surface area contributed by atoms with Gasteiger partial charge in [-0.15, -0.1) is 12.4 Å². The fourth-order valence-corrected chi connectivity index (χ4v) is 3.78. The average molecular weight is 391 g/mol. The van der Waals surface area contributed by atoms with Crippen LogP contribution in [-0.4, -0.2) is 34.0 Å². The van der Waals surface area contributed by atoms with Crippen molar-refractivity contribution in [1.82, 2.24) is 20.2 Å². The van der Waals surface area contributed by atoms with Gasteiger partial charge in [0.15, 0.2) is 5.15 Å². The van der Waals surface area contributed by atoms with Crippen LogP contribution < -0.4 is 5.32 Å². The van der Waals surface area contributed by atoms with E-state index in [2.05, 4.69) is 56.6 Å². The van der Waals surface area contributed by atoms with Crippen LogP contribution in [0.15, 0.2) is 48.7 Å². The van der Waals surface area contributed by atoms with Gasteiger partial charge in [-0.05, 0) is 43.6 Å². The summed E-state index contributed by atoms with van der Waals surface area (Å²) in [5, 5.41) is 5.34. The first-order valence-electron chi connectivity index (χ1n) is 8.90.